The fourth-order valence-electron chi connectivity index (χ4n) is 4.01. The highest BCUT2D eigenvalue weighted by molar-refractivity contribution is 5.72. The number of aromatic nitrogens is 1. The zero-order valence-electron chi connectivity index (χ0n) is 19.6. The SMILES string of the molecule is COc1ccccc1NCc1nc(C(C)C)cc(C(O)c2ccc(F)cc2)c1-c1ccccc1. The van der Waals surface area contributed by atoms with Crippen LogP contribution >= 0.6 is 0 Å². The lowest BCUT2D eigenvalue weighted by Crippen LogP contribution is -2.12. The van der Waals surface area contributed by atoms with Crippen molar-refractivity contribution in [2.45, 2.75) is 32.4 Å². The van der Waals surface area contributed by atoms with Gasteiger partial charge in [0.2, 0.25) is 0 Å². The number of hydrogen-bond donors (Lipinski definition) is 2. The summed E-state index contributed by atoms with van der Waals surface area (Å²) in [7, 11) is 1.64. The molecule has 34 heavy (non-hydrogen) atoms. The number of ether oxygens (including phenoxy) is 1. The summed E-state index contributed by atoms with van der Waals surface area (Å²) in [5, 5.41) is 14.9. The average molecular weight is 457 g/mol. The molecule has 1 aromatic heterocycles. The second-order valence-corrected chi connectivity index (χ2v) is 8.49. The van der Waals surface area contributed by atoms with E-state index in [1.54, 1.807) is 19.2 Å². The minimum absolute atomic E-state index is 0.161. The fraction of sp³-hybridized carbons (Fsp3) is 0.207. The summed E-state index contributed by atoms with van der Waals surface area (Å²) in [5.74, 6) is 0.572. The first-order valence-corrected chi connectivity index (χ1v) is 11.4. The zero-order chi connectivity index (χ0) is 24.1. The van der Waals surface area contributed by atoms with Gasteiger partial charge in [-0.1, -0.05) is 68.4 Å². The van der Waals surface area contributed by atoms with E-state index < -0.39 is 6.10 Å². The van der Waals surface area contributed by atoms with E-state index in [-0.39, 0.29) is 11.7 Å². The van der Waals surface area contributed by atoms with E-state index in [1.165, 1.54) is 12.1 Å². The molecule has 0 spiro atoms. The van der Waals surface area contributed by atoms with E-state index in [9.17, 15) is 9.50 Å². The molecule has 5 heteroatoms. The van der Waals surface area contributed by atoms with Crippen molar-refractivity contribution < 1.29 is 14.2 Å². The summed E-state index contributed by atoms with van der Waals surface area (Å²) in [5.41, 5.74) is 5.76. The molecule has 0 radical (unpaired) electrons. The van der Waals surface area contributed by atoms with Crippen LogP contribution in [0, 0.1) is 5.82 Å². The van der Waals surface area contributed by atoms with Gasteiger partial charge >= 0.3 is 0 Å². The van der Waals surface area contributed by atoms with Crippen LogP contribution in [0.15, 0.2) is 84.9 Å². The normalized spacial score (nSPS) is 11.9. The lowest BCUT2D eigenvalue weighted by molar-refractivity contribution is 0.220. The number of aliphatic hydroxyl groups is 1. The molecule has 0 saturated carbocycles. The summed E-state index contributed by atoms with van der Waals surface area (Å²) >= 11 is 0. The highest BCUT2D eigenvalue weighted by atomic mass is 19.1. The van der Waals surface area contributed by atoms with Crippen molar-refractivity contribution in [1.29, 1.82) is 0 Å². The first kappa shape index (κ1) is 23.5. The molecule has 4 rings (SSSR count). The predicted molar refractivity (Wildman–Crippen MR) is 135 cm³/mol. The summed E-state index contributed by atoms with van der Waals surface area (Å²) in [4.78, 5) is 5.00. The molecule has 4 nitrogen and oxygen atoms in total. The van der Waals surface area contributed by atoms with Crippen LogP contribution in [0.25, 0.3) is 11.1 Å². The van der Waals surface area contributed by atoms with Gasteiger partial charge in [-0.05, 0) is 52.9 Å². The second kappa shape index (κ2) is 10.5. The number of hydrogen-bond acceptors (Lipinski definition) is 4. The maximum Gasteiger partial charge on any atom is 0.141 e. The van der Waals surface area contributed by atoms with Crippen molar-refractivity contribution in [3.8, 4) is 16.9 Å². The Kier molecular flexibility index (Phi) is 7.24. The molecule has 3 aromatic carbocycles. The Bertz CT molecular complexity index is 1240. The van der Waals surface area contributed by atoms with Crippen molar-refractivity contribution in [2.24, 2.45) is 0 Å². The number of methoxy groups -OCH3 is 1. The van der Waals surface area contributed by atoms with E-state index >= 15 is 0 Å². The highest BCUT2D eigenvalue weighted by Gasteiger charge is 2.22. The standard InChI is InChI=1S/C29H29FN2O2/c1-19(2)25-17-23(29(33)21-13-15-22(30)16-14-21)28(20-9-5-4-6-10-20)26(32-25)18-31-24-11-7-8-12-27(24)34-3/h4-17,19,29,31,33H,18H2,1-3H3. The smallest absolute Gasteiger partial charge is 0.141 e. The number of nitrogens with zero attached hydrogens (tertiary/aromatic N) is 1. The topological polar surface area (TPSA) is 54.4 Å². The van der Waals surface area contributed by atoms with Crippen LogP contribution in [-0.4, -0.2) is 17.2 Å². The Morgan fingerprint density at radius 3 is 2.29 bits per heavy atom. The largest absolute Gasteiger partial charge is 0.495 e. The van der Waals surface area contributed by atoms with Gasteiger partial charge in [-0.3, -0.25) is 4.98 Å². The third kappa shape index (κ3) is 5.10. The molecule has 0 saturated heterocycles. The molecule has 2 N–H and O–H groups in total. The monoisotopic (exact) mass is 456 g/mol. The van der Waals surface area contributed by atoms with Crippen molar-refractivity contribution in [3.05, 3.63) is 113 Å². The van der Waals surface area contributed by atoms with Crippen molar-refractivity contribution in [2.75, 3.05) is 12.4 Å². The van der Waals surface area contributed by atoms with Crippen LogP contribution in [0.5, 0.6) is 5.75 Å². The molecule has 174 valence electrons. The van der Waals surface area contributed by atoms with Crippen LogP contribution in [0.3, 0.4) is 0 Å². The predicted octanol–water partition coefficient (Wildman–Crippen LogP) is 6.71. The number of halogens is 1. The van der Waals surface area contributed by atoms with Crippen LogP contribution in [0.2, 0.25) is 0 Å². The Morgan fingerprint density at radius 2 is 1.62 bits per heavy atom. The Balaban J connectivity index is 1.85. The minimum atomic E-state index is -0.929. The Labute approximate surface area is 200 Å². The van der Waals surface area contributed by atoms with E-state index in [4.69, 9.17) is 9.72 Å². The van der Waals surface area contributed by atoms with Crippen molar-refractivity contribution in [1.82, 2.24) is 4.98 Å². The third-order valence-electron chi connectivity index (χ3n) is 5.83. The molecule has 1 unspecified atom stereocenters. The number of pyridine rings is 1. The van der Waals surface area contributed by atoms with Gasteiger partial charge in [0, 0.05) is 11.3 Å². The summed E-state index contributed by atoms with van der Waals surface area (Å²) < 4.78 is 19.0. The van der Waals surface area contributed by atoms with E-state index in [0.717, 1.165) is 39.5 Å². The summed E-state index contributed by atoms with van der Waals surface area (Å²) in [6.45, 7) is 4.60. The van der Waals surface area contributed by atoms with Crippen LogP contribution in [0.4, 0.5) is 10.1 Å². The number of rotatable bonds is 8. The van der Waals surface area contributed by atoms with Crippen LogP contribution in [-0.2, 0) is 6.54 Å². The van der Waals surface area contributed by atoms with E-state index in [1.807, 2.05) is 60.7 Å². The molecule has 4 aromatic rings. The molecule has 0 aliphatic heterocycles. The van der Waals surface area contributed by atoms with E-state index in [2.05, 4.69) is 19.2 Å². The maximum atomic E-state index is 13.5. The number of aliphatic hydroxyl groups excluding tert-OH is 1. The lowest BCUT2D eigenvalue weighted by Gasteiger charge is -2.22. The third-order valence-corrected chi connectivity index (χ3v) is 5.83. The van der Waals surface area contributed by atoms with Gasteiger partial charge < -0.3 is 15.2 Å². The molecule has 0 amide bonds. The van der Waals surface area contributed by atoms with Gasteiger partial charge in [0.15, 0.2) is 0 Å². The second-order valence-electron chi connectivity index (χ2n) is 8.49. The molecular weight excluding hydrogens is 427 g/mol. The van der Waals surface area contributed by atoms with Crippen molar-refractivity contribution in [3.63, 3.8) is 0 Å². The molecule has 0 aliphatic carbocycles. The number of nitrogens with one attached hydrogen (secondary N) is 1. The quantitative estimate of drug-likeness (QED) is 0.309. The molecular formula is C29H29FN2O2. The summed E-state index contributed by atoms with van der Waals surface area (Å²) in [6.07, 6.45) is -0.929. The molecule has 1 heterocycles. The number of para-hydroxylation sites is 2. The minimum Gasteiger partial charge on any atom is -0.495 e. The van der Waals surface area contributed by atoms with Crippen molar-refractivity contribution >= 4 is 5.69 Å². The first-order valence-electron chi connectivity index (χ1n) is 11.4. The maximum absolute atomic E-state index is 13.5. The first-order chi connectivity index (χ1) is 16.5. The van der Waals surface area contributed by atoms with Gasteiger partial charge in [0.05, 0.1) is 25.0 Å². The summed E-state index contributed by atoms with van der Waals surface area (Å²) in [6, 6.07) is 25.6. The van der Waals surface area contributed by atoms with Gasteiger partial charge in [-0.25, -0.2) is 4.39 Å². The van der Waals surface area contributed by atoms with E-state index in [0.29, 0.717) is 12.1 Å². The molecule has 1 atom stereocenters. The number of benzene rings is 3. The lowest BCUT2D eigenvalue weighted by atomic mass is 9.89. The fourth-order valence-corrected chi connectivity index (χ4v) is 4.01. The number of anilines is 1. The van der Waals surface area contributed by atoms with Gasteiger partial charge in [0.25, 0.3) is 0 Å². The van der Waals surface area contributed by atoms with Gasteiger partial charge in [0.1, 0.15) is 17.7 Å². The highest BCUT2D eigenvalue weighted by Crippen LogP contribution is 2.36. The van der Waals surface area contributed by atoms with Gasteiger partial charge in [-0.15, -0.1) is 0 Å². The molecule has 0 aliphatic rings. The average Bonchev–Trinajstić information content (AvgIpc) is 2.87. The molecule has 0 fully saturated rings. The van der Waals surface area contributed by atoms with Gasteiger partial charge in [-0.2, -0.15) is 0 Å². The zero-order valence-corrected chi connectivity index (χ0v) is 19.6. The van der Waals surface area contributed by atoms with Crippen LogP contribution in [0.1, 0.15) is 48.4 Å². The molecule has 0 bridgehead atoms. The Hall–Kier alpha value is -3.70. The van der Waals surface area contributed by atoms with Crippen LogP contribution < -0.4 is 10.1 Å². The Morgan fingerprint density at radius 1 is 0.941 bits per heavy atom.